The van der Waals surface area contributed by atoms with Crippen LogP contribution in [0.1, 0.15) is 0 Å². The van der Waals surface area contributed by atoms with Crippen LogP contribution in [0.5, 0.6) is 0 Å². The first-order valence-corrected chi connectivity index (χ1v) is 9.16. The van der Waals surface area contributed by atoms with Gasteiger partial charge in [-0.25, -0.2) is 18.4 Å². The number of hydrogen-bond donors (Lipinski definition) is 0. The van der Waals surface area contributed by atoms with E-state index in [-0.39, 0.29) is 4.90 Å². The third-order valence-corrected chi connectivity index (χ3v) is 5.05. The lowest BCUT2D eigenvalue weighted by molar-refractivity contribution is 0.601. The predicted molar refractivity (Wildman–Crippen MR) is 89.9 cm³/mol. The number of halogens is 2. The SMILES string of the molecule is CS(=O)(=O)c1ccc(-n2ccnc2-c2ccc(Cl)c(Cl)c2)nc1. The Balaban J connectivity index is 2.05. The van der Waals surface area contributed by atoms with E-state index >= 15 is 0 Å². The zero-order valence-electron chi connectivity index (χ0n) is 11.9. The van der Waals surface area contributed by atoms with Crippen molar-refractivity contribution < 1.29 is 8.42 Å². The molecular formula is C15H11Cl2N3O2S. The Morgan fingerprint density at radius 3 is 2.43 bits per heavy atom. The van der Waals surface area contributed by atoms with Gasteiger partial charge in [0.15, 0.2) is 9.84 Å². The average Bonchev–Trinajstić information content (AvgIpc) is 2.99. The van der Waals surface area contributed by atoms with Crippen LogP contribution in [0.25, 0.3) is 17.2 Å². The van der Waals surface area contributed by atoms with Crippen molar-refractivity contribution in [2.75, 3.05) is 6.26 Å². The van der Waals surface area contributed by atoms with Gasteiger partial charge in [0.25, 0.3) is 0 Å². The van der Waals surface area contributed by atoms with E-state index in [2.05, 4.69) is 9.97 Å². The van der Waals surface area contributed by atoms with Crippen molar-refractivity contribution in [3.8, 4) is 17.2 Å². The van der Waals surface area contributed by atoms with Crippen LogP contribution in [-0.2, 0) is 9.84 Å². The van der Waals surface area contributed by atoms with Gasteiger partial charge in [-0.1, -0.05) is 23.2 Å². The first-order chi connectivity index (χ1) is 10.9. The summed E-state index contributed by atoms with van der Waals surface area (Å²) in [6, 6.07) is 8.35. The summed E-state index contributed by atoms with van der Waals surface area (Å²) < 4.78 is 24.7. The number of sulfone groups is 1. The number of imidazole rings is 1. The summed E-state index contributed by atoms with van der Waals surface area (Å²) in [4.78, 5) is 8.67. The molecule has 3 aromatic rings. The van der Waals surface area contributed by atoms with Crippen molar-refractivity contribution in [2.24, 2.45) is 0 Å². The van der Waals surface area contributed by atoms with Gasteiger partial charge in [-0.05, 0) is 30.3 Å². The van der Waals surface area contributed by atoms with Gasteiger partial charge in [-0.2, -0.15) is 0 Å². The lowest BCUT2D eigenvalue weighted by Gasteiger charge is -2.08. The second-order valence-corrected chi connectivity index (χ2v) is 7.70. The minimum atomic E-state index is -3.28. The van der Waals surface area contributed by atoms with Crippen LogP contribution < -0.4 is 0 Å². The molecule has 0 radical (unpaired) electrons. The normalized spacial score (nSPS) is 11.6. The van der Waals surface area contributed by atoms with Gasteiger partial charge in [0.2, 0.25) is 0 Å². The molecule has 0 fully saturated rings. The molecule has 0 aliphatic rings. The van der Waals surface area contributed by atoms with Crippen LogP contribution in [0.2, 0.25) is 10.0 Å². The average molecular weight is 368 g/mol. The smallest absolute Gasteiger partial charge is 0.177 e. The summed E-state index contributed by atoms with van der Waals surface area (Å²) in [5, 5.41) is 0.892. The Morgan fingerprint density at radius 1 is 1.04 bits per heavy atom. The van der Waals surface area contributed by atoms with Gasteiger partial charge in [0.05, 0.1) is 14.9 Å². The summed E-state index contributed by atoms with van der Waals surface area (Å²) in [6.45, 7) is 0. The fourth-order valence-corrected chi connectivity index (χ4v) is 2.93. The topological polar surface area (TPSA) is 64.8 Å². The van der Waals surface area contributed by atoms with Gasteiger partial charge >= 0.3 is 0 Å². The van der Waals surface area contributed by atoms with Crippen LogP contribution >= 0.6 is 23.2 Å². The highest BCUT2D eigenvalue weighted by molar-refractivity contribution is 7.90. The molecule has 2 aromatic heterocycles. The Bertz CT molecular complexity index is 967. The van der Waals surface area contributed by atoms with Crippen molar-refractivity contribution >= 4 is 33.0 Å². The molecule has 0 aliphatic heterocycles. The lowest BCUT2D eigenvalue weighted by Crippen LogP contribution is -2.02. The van der Waals surface area contributed by atoms with E-state index < -0.39 is 9.84 Å². The van der Waals surface area contributed by atoms with Crippen LogP contribution in [-0.4, -0.2) is 29.2 Å². The summed E-state index contributed by atoms with van der Waals surface area (Å²) >= 11 is 12.0. The number of nitrogens with zero attached hydrogens (tertiary/aromatic N) is 3. The van der Waals surface area contributed by atoms with Crippen molar-refractivity contribution in [1.29, 1.82) is 0 Å². The highest BCUT2D eigenvalue weighted by Gasteiger charge is 2.12. The molecule has 0 saturated carbocycles. The Labute approximate surface area is 143 Å². The van der Waals surface area contributed by atoms with E-state index in [4.69, 9.17) is 23.2 Å². The Morgan fingerprint density at radius 2 is 1.83 bits per heavy atom. The molecule has 8 heteroatoms. The number of rotatable bonds is 3. The summed E-state index contributed by atoms with van der Waals surface area (Å²) in [7, 11) is -3.28. The maximum Gasteiger partial charge on any atom is 0.177 e. The standard InChI is InChI=1S/C15H11Cl2N3O2S/c1-23(21,22)11-3-5-14(19-9-11)20-7-6-18-15(20)10-2-4-12(16)13(17)8-10/h2-9H,1H3. The molecule has 118 valence electrons. The molecule has 0 N–H and O–H groups in total. The fourth-order valence-electron chi connectivity index (χ4n) is 2.07. The molecule has 2 heterocycles. The molecule has 0 saturated heterocycles. The number of aromatic nitrogens is 3. The van der Waals surface area contributed by atoms with E-state index in [0.717, 1.165) is 11.8 Å². The molecule has 0 unspecified atom stereocenters. The van der Waals surface area contributed by atoms with E-state index in [1.54, 1.807) is 41.2 Å². The molecule has 0 atom stereocenters. The van der Waals surface area contributed by atoms with Gasteiger partial charge in [0, 0.05) is 30.4 Å². The number of pyridine rings is 1. The van der Waals surface area contributed by atoms with Gasteiger partial charge in [0.1, 0.15) is 11.6 Å². The Hall–Kier alpha value is -1.89. The minimum Gasteiger partial charge on any atom is -0.284 e. The third-order valence-electron chi connectivity index (χ3n) is 3.21. The summed E-state index contributed by atoms with van der Waals surface area (Å²) in [6.07, 6.45) is 5.83. The van der Waals surface area contributed by atoms with Crippen LogP contribution in [0.15, 0.2) is 53.8 Å². The van der Waals surface area contributed by atoms with Crippen molar-refractivity contribution in [3.05, 3.63) is 59.0 Å². The molecule has 1 aromatic carbocycles. The molecule has 0 spiro atoms. The van der Waals surface area contributed by atoms with E-state index in [9.17, 15) is 8.42 Å². The second-order valence-electron chi connectivity index (χ2n) is 4.87. The van der Waals surface area contributed by atoms with Crippen LogP contribution in [0, 0.1) is 0 Å². The zero-order valence-corrected chi connectivity index (χ0v) is 14.3. The number of benzene rings is 1. The molecule has 3 rings (SSSR count). The van der Waals surface area contributed by atoms with Crippen LogP contribution in [0.4, 0.5) is 0 Å². The molecular weight excluding hydrogens is 357 g/mol. The molecule has 0 amide bonds. The van der Waals surface area contributed by atoms with E-state index in [1.807, 2.05) is 0 Å². The van der Waals surface area contributed by atoms with Gasteiger partial charge in [-0.3, -0.25) is 4.57 Å². The highest BCUT2D eigenvalue weighted by atomic mass is 35.5. The monoisotopic (exact) mass is 367 g/mol. The van der Waals surface area contributed by atoms with Crippen molar-refractivity contribution in [3.63, 3.8) is 0 Å². The maximum atomic E-state index is 11.5. The van der Waals surface area contributed by atoms with Crippen LogP contribution in [0.3, 0.4) is 0 Å². The predicted octanol–water partition coefficient (Wildman–Crippen LogP) is 3.64. The zero-order chi connectivity index (χ0) is 16.6. The molecule has 5 nitrogen and oxygen atoms in total. The molecule has 0 bridgehead atoms. The maximum absolute atomic E-state index is 11.5. The number of hydrogen-bond acceptors (Lipinski definition) is 4. The summed E-state index contributed by atoms with van der Waals surface area (Å²) in [5.41, 5.74) is 0.776. The second kappa shape index (κ2) is 5.96. The first-order valence-electron chi connectivity index (χ1n) is 6.51. The van der Waals surface area contributed by atoms with Gasteiger partial charge in [-0.15, -0.1) is 0 Å². The minimum absolute atomic E-state index is 0.164. The fraction of sp³-hybridized carbons (Fsp3) is 0.0667. The van der Waals surface area contributed by atoms with Gasteiger partial charge < -0.3 is 0 Å². The molecule has 0 aliphatic carbocycles. The van der Waals surface area contributed by atoms with Crippen molar-refractivity contribution in [1.82, 2.24) is 14.5 Å². The largest absolute Gasteiger partial charge is 0.284 e. The quantitative estimate of drug-likeness (QED) is 0.708. The lowest BCUT2D eigenvalue weighted by atomic mass is 10.2. The van der Waals surface area contributed by atoms with E-state index in [0.29, 0.717) is 21.7 Å². The molecule has 23 heavy (non-hydrogen) atoms. The van der Waals surface area contributed by atoms with Crippen molar-refractivity contribution in [2.45, 2.75) is 4.90 Å². The first kappa shape index (κ1) is 16.0. The Kier molecular flexibility index (Phi) is 4.14. The van der Waals surface area contributed by atoms with E-state index in [1.165, 1.54) is 12.3 Å². The third kappa shape index (κ3) is 3.24. The summed E-state index contributed by atoms with van der Waals surface area (Å²) in [5.74, 6) is 1.18. The highest BCUT2D eigenvalue weighted by Crippen LogP contribution is 2.28.